The zero-order chi connectivity index (χ0) is 14.7. The van der Waals surface area contributed by atoms with Gasteiger partial charge in [-0.1, -0.05) is 0 Å². The summed E-state index contributed by atoms with van der Waals surface area (Å²) in [6.07, 6.45) is 4.04. The predicted molar refractivity (Wildman–Crippen MR) is 81.5 cm³/mol. The van der Waals surface area contributed by atoms with E-state index in [1.165, 1.54) is 12.3 Å². The zero-order valence-corrected chi connectivity index (χ0v) is 12.3. The van der Waals surface area contributed by atoms with Gasteiger partial charge in [0, 0.05) is 36.7 Å². The molecule has 1 saturated heterocycles. The van der Waals surface area contributed by atoms with Crippen LogP contribution in [0.15, 0.2) is 45.9 Å². The lowest BCUT2D eigenvalue weighted by atomic mass is 10.2. The first kappa shape index (κ1) is 14.0. The number of thioether (sulfide) groups is 1. The Kier molecular flexibility index (Phi) is 4.15. The van der Waals surface area contributed by atoms with Crippen LogP contribution in [0.4, 0.5) is 0 Å². The van der Waals surface area contributed by atoms with Crippen molar-refractivity contribution < 1.29 is 9.21 Å². The second kappa shape index (κ2) is 6.22. The van der Waals surface area contributed by atoms with Gasteiger partial charge in [0.1, 0.15) is 5.76 Å². The number of amides is 1. The van der Waals surface area contributed by atoms with Crippen LogP contribution in [0.2, 0.25) is 0 Å². The van der Waals surface area contributed by atoms with Crippen LogP contribution in [-0.2, 0) is 0 Å². The molecule has 1 aliphatic heterocycles. The molecule has 0 radical (unpaired) electrons. The Hall–Kier alpha value is -1.95. The fourth-order valence-electron chi connectivity index (χ4n) is 2.44. The minimum absolute atomic E-state index is 0.0817. The normalized spacial score (nSPS) is 19.2. The summed E-state index contributed by atoms with van der Waals surface area (Å²) in [7, 11) is 0. The monoisotopic (exact) mass is 304 g/mol. The molecule has 1 aliphatic rings. The van der Waals surface area contributed by atoms with Crippen molar-refractivity contribution in [3.05, 3.63) is 58.4 Å². The highest BCUT2D eigenvalue weighted by molar-refractivity contribution is 7.99. The Morgan fingerprint density at radius 2 is 2.29 bits per heavy atom. The van der Waals surface area contributed by atoms with E-state index >= 15 is 0 Å². The molecule has 21 heavy (non-hydrogen) atoms. The predicted octanol–water partition coefficient (Wildman–Crippen LogP) is 2.29. The Bertz CT molecular complexity index is 666. The van der Waals surface area contributed by atoms with Crippen LogP contribution >= 0.6 is 11.8 Å². The molecular weight excluding hydrogens is 288 g/mol. The van der Waals surface area contributed by atoms with Gasteiger partial charge in [-0.2, -0.15) is 0 Å². The average Bonchev–Trinajstić information content (AvgIpc) is 2.91. The molecule has 3 rings (SSSR count). The van der Waals surface area contributed by atoms with Crippen molar-refractivity contribution in [3.63, 3.8) is 0 Å². The third-order valence-electron chi connectivity index (χ3n) is 3.51. The minimum atomic E-state index is -0.251. The first-order valence-electron chi connectivity index (χ1n) is 6.87. The van der Waals surface area contributed by atoms with E-state index in [0.717, 1.165) is 17.9 Å². The van der Waals surface area contributed by atoms with Crippen molar-refractivity contribution >= 4 is 17.7 Å². The highest BCUT2D eigenvalue weighted by atomic mass is 32.2. The average molecular weight is 304 g/mol. The van der Waals surface area contributed by atoms with Crippen LogP contribution in [0, 0.1) is 0 Å². The van der Waals surface area contributed by atoms with Crippen LogP contribution in [0.3, 0.4) is 0 Å². The maximum atomic E-state index is 12.4. The van der Waals surface area contributed by atoms with Gasteiger partial charge in [-0.3, -0.25) is 9.59 Å². The van der Waals surface area contributed by atoms with Gasteiger partial charge >= 0.3 is 0 Å². The van der Waals surface area contributed by atoms with E-state index < -0.39 is 0 Å². The third-order valence-corrected chi connectivity index (χ3v) is 4.80. The maximum Gasteiger partial charge on any atom is 0.254 e. The lowest BCUT2D eigenvalue weighted by molar-refractivity contribution is 0.0766. The smallest absolute Gasteiger partial charge is 0.254 e. The molecule has 0 saturated carbocycles. The van der Waals surface area contributed by atoms with Gasteiger partial charge in [-0.05, 0) is 24.6 Å². The standard InChI is InChI=1S/C15H16N2O3S/c18-14-10-11(3-5-16-14)15(19)17-6-4-13(21-9-7-17)12-2-1-8-20-12/h1-3,5,8,10,13H,4,6-7,9H2,(H,16,18). The molecule has 1 amide bonds. The molecule has 110 valence electrons. The molecule has 0 aliphatic carbocycles. The van der Waals surface area contributed by atoms with Crippen molar-refractivity contribution in [2.24, 2.45) is 0 Å². The summed E-state index contributed by atoms with van der Waals surface area (Å²) >= 11 is 1.81. The Morgan fingerprint density at radius 3 is 3.05 bits per heavy atom. The van der Waals surface area contributed by atoms with Gasteiger partial charge in [-0.15, -0.1) is 11.8 Å². The quantitative estimate of drug-likeness (QED) is 0.924. The summed E-state index contributed by atoms with van der Waals surface area (Å²) in [5.74, 6) is 1.74. The second-order valence-corrected chi connectivity index (χ2v) is 6.21. The Morgan fingerprint density at radius 1 is 1.38 bits per heavy atom. The van der Waals surface area contributed by atoms with Crippen molar-refractivity contribution in [2.75, 3.05) is 18.8 Å². The highest BCUT2D eigenvalue weighted by Gasteiger charge is 2.24. The van der Waals surface area contributed by atoms with E-state index in [1.807, 2.05) is 17.0 Å². The van der Waals surface area contributed by atoms with Crippen molar-refractivity contribution in [1.82, 2.24) is 9.88 Å². The Labute approximate surface area is 126 Å². The largest absolute Gasteiger partial charge is 0.468 e. The second-order valence-electron chi connectivity index (χ2n) is 4.90. The van der Waals surface area contributed by atoms with Crippen LogP contribution in [0.1, 0.15) is 27.8 Å². The van der Waals surface area contributed by atoms with E-state index in [1.54, 1.807) is 24.1 Å². The number of H-pyrrole nitrogens is 1. The number of nitrogens with zero attached hydrogens (tertiary/aromatic N) is 1. The van der Waals surface area contributed by atoms with E-state index in [0.29, 0.717) is 18.7 Å². The van der Waals surface area contributed by atoms with Crippen LogP contribution in [-0.4, -0.2) is 34.6 Å². The van der Waals surface area contributed by atoms with Gasteiger partial charge in [0.05, 0.1) is 11.5 Å². The number of nitrogens with one attached hydrogen (secondary N) is 1. The number of rotatable bonds is 2. The molecule has 0 spiro atoms. The number of carbonyl (C=O) groups excluding carboxylic acids is 1. The molecule has 2 aromatic rings. The van der Waals surface area contributed by atoms with Crippen molar-refractivity contribution in [3.8, 4) is 0 Å². The number of aromatic nitrogens is 1. The summed E-state index contributed by atoms with van der Waals surface area (Å²) in [6.45, 7) is 1.36. The van der Waals surface area contributed by atoms with E-state index in [2.05, 4.69) is 4.98 Å². The molecule has 3 heterocycles. The van der Waals surface area contributed by atoms with Crippen LogP contribution in [0.25, 0.3) is 0 Å². The number of hydrogen-bond acceptors (Lipinski definition) is 4. The number of carbonyl (C=O) groups is 1. The fourth-order valence-corrected chi connectivity index (χ4v) is 3.62. The lowest BCUT2D eigenvalue weighted by Gasteiger charge is -2.20. The number of aromatic amines is 1. The molecule has 1 atom stereocenters. The molecule has 1 unspecified atom stereocenters. The summed E-state index contributed by atoms with van der Waals surface area (Å²) < 4.78 is 5.45. The van der Waals surface area contributed by atoms with Gasteiger partial charge in [0.25, 0.3) is 5.91 Å². The number of hydrogen-bond donors (Lipinski definition) is 1. The molecule has 1 fully saturated rings. The summed E-state index contributed by atoms with van der Waals surface area (Å²) in [5.41, 5.74) is 0.193. The third kappa shape index (κ3) is 3.21. The summed E-state index contributed by atoms with van der Waals surface area (Å²) in [6, 6.07) is 6.86. The van der Waals surface area contributed by atoms with Gasteiger partial charge in [-0.25, -0.2) is 0 Å². The molecule has 1 N–H and O–H groups in total. The molecule has 0 aromatic carbocycles. The van der Waals surface area contributed by atoms with E-state index in [-0.39, 0.29) is 16.7 Å². The van der Waals surface area contributed by atoms with Crippen molar-refractivity contribution in [2.45, 2.75) is 11.7 Å². The first-order valence-corrected chi connectivity index (χ1v) is 7.92. The zero-order valence-electron chi connectivity index (χ0n) is 11.5. The molecular formula is C15H16N2O3S. The topological polar surface area (TPSA) is 66.3 Å². The molecule has 6 heteroatoms. The highest BCUT2D eigenvalue weighted by Crippen LogP contribution is 2.34. The lowest BCUT2D eigenvalue weighted by Crippen LogP contribution is -2.33. The molecule has 2 aromatic heterocycles. The van der Waals surface area contributed by atoms with Gasteiger partial charge in [0.2, 0.25) is 5.56 Å². The summed E-state index contributed by atoms with van der Waals surface area (Å²) in [4.78, 5) is 28.1. The van der Waals surface area contributed by atoms with E-state index in [9.17, 15) is 9.59 Å². The summed E-state index contributed by atoms with van der Waals surface area (Å²) in [5, 5.41) is 0.289. The van der Waals surface area contributed by atoms with Crippen molar-refractivity contribution in [1.29, 1.82) is 0 Å². The van der Waals surface area contributed by atoms with Gasteiger partial charge < -0.3 is 14.3 Å². The van der Waals surface area contributed by atoms with Crippen LogP contribution < -0.4 is 5.56 Å². The van der Waals surface area contributed by atoms with Gasteiger partial charge in [0.15, 0.2) is 0 Å². The van der Waals surface area contributed by atoms with E-state index in [4.69, 9.17) is 4.42 Å². The molecule has 0 bridgehead atoms. The Balaban J connectivity index is 1.70. The molecule has 5 nitrogen and oxygen atoms in total. The number of pyridine rings is 1. The first-order chi connectivity index (χ1) is 10.2. The maximum absolute atomic E-state index is 12.4. The minimum Gasteiger partial charge on any atom is -0.468 e. The van der Waals surface area contributed by atoms with Crippen LogP contribution in [0.5, 0.6) is 0 Å². The number of furan rings is 1. The fraction of sp³-hybridized carbons (Fsp3) is 0.333. The SMILES string of the molecule is O=C(c1cc[nH]c(=O)c1)N1CCSC(c2ccco2)CC1.